The van der Waals surface area contributed by atoms with E-state index < -0.39 is 0 Å². The van der Waals surface area contributed by atoms with E-state index in [0.717, 1.165) is 16.4 Å². The van der Waals surface area contributed by atoms with E-state index in [4.69, 9.17) is 11.6 Å². The molecule has 2 aromatic heterocycles. The van der Waals surface area contributed by atoms with Crippen molar-refractivity contribution in [3.05, 3.63) is 27.3 Å². The molecule has 0 bridgehead atoms. The second-order valence-corrected chi connectivity index (χ2v) is 5.35. The molecule has 0 saturated heterocycles. The number of rotatable bonds is 5. The van der Waals surface area contributed by atoms with Crippen LogP contribution in [0, 0.1) is 6.92 Å². The predicted octanol–water partition coefficient (Wildman–Crippen LogP) is 2.94. The van der Waals surface area contributed by atoms with Gasteiger partial charge in [-0.2, -0.15) is 4.98 Å². The van der Waals surface area contributed by atoms with Crippen LogP contribution in [-0.4, -0.2) is 21.5 Å². The predicted molar refractivity (Wildman–Crippen MR) is 75.4 cm³/mol. The van der Waals surface area contributed by atoms with Crippen LogP contribution in [0.25, 0.3) is 0 Å². The van der Waals surface area contributed by atoms with Gasteiger partial charge >= 0.3 is 0 Å². The summed E-state index contributed by atoms with van der Waals surface area (Å²) in [5.74, 6) is 1.21. The van der Waals surface area contributed by atoms with Crippen LogP contribution in [0.15, 0.2) is 12.4 Å². The third kappa shape index (κ3) is 3.30. The van der Waals surface area contributed by atoms with Gasteiger partial charge in [0.15, 0.2) is 5.82 Å². The Hall–Kier alpha value is -1.40. The normalized spacial score (nSPS) is 10.4. The van der Waals surface area contributed by atoms with Crippen LogP contribution in [0.1, 0.15) is 16.8 Å². The third-order valence-corrected chi connectivity index (χ3v) is 3.37. The number of nitrogens with one attached hydrogen (secondary N) is 2. The van der Waals surface area contributed by atoms with Crippen molar-refractivity contribution >= 4 is 34.7 Å². The largest absolute Gasteiger partial charge is 0.364 e. The number of hydrogen-bond acceptors (Lipinski definition) is 6. The van der Waals surface area contributed by atoms with Crippen molar-refractivity contribution in [3.8, 4) is 0 Å². The van der Waals surface area contributed by atoms with Gasteiger partial charge in [-0.3, -0.25) is 0 Å². The van der Waals surface area contributed by atoms with Crippen molar-refractivity contribution in [2.75, 3.05) is 17.2 Å². The molecule has 0 fully saturated rings. The van der Waals surface area contributed by atoms with Crippen LogP contribution in [0.4, 0.5) is 11.8 Å². The van der Waals surface area contributed by atoms with E-state index in [1.165, 1.54) is 0 Å². The van der Waals surface area contributed by atoms with Crippen molar-refractivity contribution in [2.24, 2.45) is 0 Å². The van der Waals surface area contributed by atoms with Crippen molar-refractivity contribution in [3.63, 3.8) is 0 Å². The molecule has 18 heavy (non-hydrogen) atoms. The van der Waals surface area contributed by atoms with Gasteiger partial charge in [0.25, 0.3) is 0 Å². The Balaban J connectivity index is 2.05. The molecule has 2 N–H and O–H groups in total. The number of halogens is 1. The molecule has 5 nitrogen and oxygen atoms in total. The van der Waals surface area contributed by atoms with Crippen molar-refractivity contribution < 1.29 is 0 Å². The molecule has 2 aromatic rings. The fourth-order valence-corrected chi connectivity index (χ4v) is 2.28. The maximum Gasteiger partial charge on any atom is 0.224 e. The van der Waals surface area contributed by atoms with Crippen LogP contribution in [-0.2, 0) is 6.54 Å². The molecular weight excluding hydrogens is 270 g/mol. The highest BCUT2D eigenvalue weighted by Gasteiger charge is 2.05. The molecule has 0 aliphatic rings. The minimum atomic E-state index is 0.512. The summed E-state index contributed by atoms with van der Waals surface area (Å²) in [5, 5.41) is 7.80. The maximum absolute atomic E-state index is 6.04. The van der Waals surface area contributed by atoms with Gasteiger partial charge in [-0.1, -0.05) is 11.6 Å². The molecule has 0 saturated carbocycles. The van der Waals surface area contributed by atoms with Crippen LogP contribution >= 0.6 is 22.9 Å². The minimum absolute atomic E-state index is 0.512. The van der Waals surface area contributed by atoms with E-state index in [1.807, 2.05) is 20.0 Å². The molecule has 0 atom stereocenters. The quantitative estimate of drug-likeness (QED) is 0.883. The molecule has 96 valence electrons. The van der Waals surface area contributed by atoms with E-state index >= 15 is 0 Å². The lowest BCUT2D eigenvalue weighted by Gasteiger charge is -2.08. The van der Waals surface area contributed by atoms with Gasteiger partial charge in [-0.05, 0) is 13.8 Å². The lowest BCUT2D eigenvalue weighted by atomic mass is 10.5. The third-order valence-electron chi connectivity index (χ3n) is 2.18. The van der Waals surface area contributed by atoms with Crippen LogP contribution in [0.3, 0.4) is 0 Å². The number of anilines is 2. The van der Waals surface area contributed by atoms with Gasteiger partial charge < -0.3 is 10.6 Å². The first kappa shape index (κ1) is 13.0. The van der Waals surface area contributed by atoms with Crippen LogP contribution in [0.5, 0.6) is 0 Å². The number of nitrogens with zero attached hydrogens (tertiary/aromatic N) is 3. The first-order chi connectivity index (χ1) is 8.69. The average molecular weight is 284 g/mol. The number of aryl methyl sites for hydroxylation is 1. The number of thiazole rings is 1. The summed E-state index contributed by atoms with van der Waals surface area (Å²) in [6.45, 7) is 5.41. The maximum atomic E-state index is 6.04. The fourth-order valence-electron chi connectivity index (χ4n) is 1.39. The first-order valence-corrected chi connectivity index (χ1v) is 6.80. The summed E-state index contributed by atoms with van der Waals surface area (Å²) in [5.41, 5.74) is 0. The second-order valence-electron chi connectivity index (χ2n) is 3.62. The molecule has 0 amide bonds. The Kier molecular flexibility index (Phi) is 4.33. The fraction of sp³-hybridized carbons (Fsp3) is 0.364. The van der Waals surface area contributed by atoms with Crippen LogP contribution < -0.4 is 10.6 Å². The van der Waals surface area contributed by atoms with E-state index in [2.05, 4.69) is 25.6 Å². The molecule has 0 aliphatic carbocycles. The lowest BCUT2D eigenvalue weighted by molar-refractivity contribution is 1.06. The summed E-state index contributed by atoms with van der Waals surface area (Å²) < 4.78 is 0. The summed E-state index contributed by atoms with van der Waals surface area (Å²) in [6.07, 6.45) is 3.44. The number of hydrogen-bond donors (Lipinski definition) is 2. The molecule has 7 heteroatoms. The Morgan fingerprint density at radius 3 is 2.78 bits per heavy atom. The molecule has 2 heterocycles. The SMILES string of the molecule is CCNc1ncc(Cl)c(NCc2cnc(C)s2)n1. The van der Waals surface area contributed by atoms with Crippen LogP contribution in [0.2, 0.25) is 5.02 Å². The Bertz CT molecular complexity index is 528. The Morgan fingerprint density at radius 1 is 1.28 bits per heavy atom. The van der Waals surface area contributed by atoms with Gasteiger partial charge in [-0.25, -0.2) is 9.97 Å². The average Bonchev–Trinajstić information content (AvgIpc) is 2.76. The van der Waals surface area contributed by atoms with Gasteiger partial charge in [-0.15, -0.1) is 11.3 Å². The van der Waals surface area contributed by atoms with E-state index in [-0.39, 0.29) is 0 Å². The summed E-state index contributed by atoms with van der Waals surface area (Å²) in [6, 6.07) is 0. The Labute approximate surface area is 115 Å². The molecule has 2 rings (SSSR count). The van der Waals surface area contributed by atoms with Crippen molar-refractivity contribution in [2.45, 2.75) is 20.4 Å². The van der Waals surface area contributed by atoms with Crippen molar-refractivity contribution in [1.29, 1.82) is 0 Å². The zero-order valence-corrected chi connectivity index (χ0v) is 11.8. The molecule has 0 radical (unpaired) electrons. The monoisotopic (exact) mass is 283 g/mol. The van der Waals surface area contributed by atoms with Gasteiger partial charge in [0.1, 0.15) is 5.02 Å². The highest BCUT2D eigenvalue weighted by molar-refractivity contribution is 7.11. The Morgan fingerprint density at radius 2 is 2.11 bits per heavy atom. The lowest BCUT2D eigenvalue weighted by Crippen LogP contribution is -2.06. The summed E-state index contributed by atoms with van der Waals surface area (Å²) >= 11 is 7.69. The first-order valence-electron chi connectivity index (χ1n) is 5.60. The second kappa shape index (κ2) is 5.97. The zero-order valence-electron chi connectivity index (χ0n) is 10.2. The zero-order chi connectivity index (χ0) is 13.0. The molecule has 0 unspecified atom stereocenters. The van der Waals surface area contributed by atoms with Gasteiger partial charge in [0, 0.05) is 17.6 Å². The van der Waals surface area contributed by atoms with E-state index in [0.29, 0.717) is 23.3 Å². The van der Waals surface area contributed by atoms with Gasteiger partial charge in [0.2, 0.25) is 5.95 Å². The molecule has 0 spiro atoms. The molecule has 0 aliphatic heterocycles. The smallest absolute Gasteiger partial charge is 0.224 e. The molecular formula is C11H14ClN5S. The minimum Gasteiger partial charge on any atom is -0.364 e. The van der Waals surface area contributed by atoms with Crippen molar-refractivity contribution in [1.82, 2.24) is 15.0 Å². The molecule has 0 aromatic carbocycles. The van der Waals surface area contributed by atoms with E-state index in [9.17, 15) is 0 Å². The van der Waals surface area contributed by atoms with E-state index in [1.54, 1.807) is 17.5 Å². The topological polar surface area (TPSA) is 62.7 Å². The highest BCUT2D eigenvalue weighted by atomic mass is 35.5. The summed E-state index contributed by atoms with van der Waals surface area (Å²) in [7, 11) is 0. The number of aromatic nitrogens is 3. The highest BCUT2D eigenvalue weighted by Crippen LogP contribution is 2.21. The summed E-state index contributed by atoms with van der Waals surface area (Å²) in [4.78, 5) is 13.7. The van der Waals surface area contributed by atoms with Gasteiger partial charge in [0.05, 0.1) is 17.7 Å². The standard InChI is InChI=1S/C11H14ClN5S/c1-3-13-11-16-6-9(12)10(17-11)15-5-8-4-14-7(2)18-8/h4,6H,3,5H2,1-2H3,(H2,13,15,16,17).